The number of unbranched alkanes of at least 4 members (excludes halogenated alkanes) is 1. The molecule has 1 aromatic rings. The highest BCUT2D eigenvalue weighted by molar-refractivity contribution is 9.10. The molecule has 0 fully saturated rings. The number of benzene rings is 1. The van der Waals surface area contributed by atoms with Crippen LogP contribution in [0.25, 0.3) is 0 Å². The Bertz CT molecular complexity index is 412. The number of hydrogen-bond acceptors (Lipinski definition) is 2. The van der Waals surface area contributed by atoms with Crippen molar-refractivity contribution in [1.29, 1.82) is 0 Å². The maximum atomic E-state index is 13.5. The normalized spacial score (nSPS) is 12.4. The predicted molar refractivity (Wildman–Crippen MR) is 71.8 cm³/mol. The summed E-state index contributed by atoms with van der Waals surface area (Å²) >= 11 is 3.26. The Balaban J connectivity index is 2.70. The van der Waals surface area contributed by atoms with Gasteiger partial charge in [-0.25, -0.2) is 4.39 Å². The van der Waals surface area contributed by atoms with E-state index in [-0.39, 0.29) is 12.2 Å². The minimum absolute atomic E-state index is 0.213. The molecule has 1 aromatic carbocycles. The van der Waals surface area contributed by atoms with Crippen LogP contribution in [0.5, 0.6) is 0 Å². The highest BCUT2D eigenvalue weighted by Gasteiger charge is 2.19. The van der Waals surface area contributed by atoms with Crippen molar-refractivity contribution >= 4 is 21.9 Å². The first-order valence-corrected chi connectivity index (χ1v) is 6.70. The Hall–Kier alpha value is -0.940. The summed E-state index contributed by atoms with van der Waals surface area (Å²) in [5.41, 5.74) is 5.81. The fourth-order valence-corrected chi connectivity index (χ4v) is 2.22. The number of carboxylic acids is 1. The van der Waals surface area contributed by atoms with Crippen molar-refractivity contribution in [2.75, 3.05) is 6.54 Å². The highest BCUT2D eigenvalue weighted by Crippen LogP contribution is 2.21. The molecule has 0 bridgehead atoms. The van der Waals surface area contributed by atoms with Crippen LogP contribution in [0, 0.1) is 11.7 Å². The summed E-state index contributed by atoms with van der Waals surface area (Å²) in [5.74, 6) is -1.80. The zero-order chi connectivity index (χ0) is 13.5. The Morgan fingerprint density at radius 1 is 1.44 bits per heavy atom. The van der Waals surface area contributed by atoms with Crippen LogP contribution in [0.15, 0.2) is 22.7 Å². The third-order valence-corrected chi connectivity index (χ3v) is 3.32. The number of halogens is 2. The number of nitrogens with two attached hydrogens (primary N) is 1. The van der Waals surface area contributed by atoms with Gasteiger partial charge in [-0.2, -0.15) is 0 Å². The Labute approximate surface area is 114 Å². The van der Waals surface area contributed by atoms with Gasteiger partial charge in [0.2, 0.25) is 0 Å². The van der Waals surface area contributed by atoms with E-state index in [1.807, 2.05) is 0 Å². The molecule has 0 radical (unpaired) electrons. The van der Waals surface area contributed by atoms with Crippen molar-refractivity contribution in [3.63, 3.8) is 0 Å². The number of aliphatic carboxylic acids is 1. The lowest BCUT2D eigenvalue weighted by Gasteiger charge is -2.13. The average molecular weight is 318 g/mol. The zero-order valence-electron chi connectivity index (χ0n) is 10.0. The van der Waals surface area contributed by atoms with E-state index in [1.165, 1.54) is 6.07 Å². The third kappa shape index (κ3) is 4.74. The topological polar surface area (TPSA) is 63.3 Å². The van der Waals surface area contributed by atoms with Gasteiger partial charge < -0.3 is 10.8 Å². The first-order chi connectivity index (χ1) is 8.54. The molecule has 0 aliphatic rings. The fraction of sp³-hybridized carbons (Fsp3) is 0.462. The number of rotatable bonds is 7. The van der Waals surface area contributed by atoms with Gasteiger partial charge in [-0.3, -0.25) is 4.79 Å². The van der Waals surface area contributed by atoms with E-state index in [0.29, 0.717) is 18.5 Å². The molecular formula is C13H17BrFNO2. The monoisotopic (exact) mass is 317 g/mol. The molecule has 0 spiro atoms. The maximum Gasteiger partial charge on any atom is 0.306 e. The van der Waals surface area contributed by atoms with Gasteiger partial charge >= 0.3 is 5.97 Å². The van der Waals surface area contributed by atoms with Gasteiger partial charge in [-0.1, -0.05) is 22.4 Å². The van der Waals surface area contributed by atoms with Crippen molar-refractivity contribution < 1.29 is 14.3 Å². The van der Waals surface area contributed by atoms with Crippen LogP contribution in [0.4, 0.5) is 4.39 Å². The van der Waals surface area contributed by atoms with Crippen molar-refractivity contribution in [2.45, 2.75) is 25.7 Å². The van der Waals surface area contributed by atoms with Gasteiger partial charge in [-0.15, -0.1) is 0 Å². The second-order valence-corrected chi connectivity index (χ2v) is 5.18. The van der Waals surface area contributed by atoms with Gasteiger partial charge in [-0.05, 0) is 49.6 Å². The van der Waals surface area contributed by atoms with Crippen molar-refractivity contribution in [1.82, 2.24) is 0 Å². The summed E-state index contributed by atoms with van der Waals surface area (Å²) in [6.07, 6.45) is 2.29. The van der Waals surface area contributed by atoms with Gasteiger partial charge in [0.05, 0.1) is 5.92 Å². The maximum absolute atomic E-state index is 13.5. The van der Waals surface area contributed by atoms with Crippen LogP contribution in [0.3, 0.4) is 0 Å². The quantitative estimate of drug-likeness (QED) is 0.760. The van der Waals surface area contributed by atoms with E-state index in [1.54, 1.807) is 12.1 Å². The molecule has 18 heavy (non-hydrogen) atoms. The molecule has 3 nitrogen and oxygen atoms in total. The largest absolute Gasteiger partial charge is 0.481 e. The second kappa shape index (κ2) is 7.48. The van der Waals surface area contributed by atoms with Crippen molar-refractivity contribution in [2.24, 2.45) is 11.7 Å². The third-order valence-electron chi connectivity index (χ3n) is 2.83. The summed E-state index contributed by atoms with van der Waals surface area (Å²) in [4.78, 5) is 11.1. The molecule has 0 aromatic heterocycles. The lowest BCUT2D eigenvalue weighted by atomic mass is 9.94. The molecule has 0 aliphatic heterocycles. The summed E-state index contributed by atoms with van der Waals surface area (Å²) < 4.78 is 14.3. The lowest BCUT2D eigenvalue weighted by Crippen LogP contribution is -2.17. The molecule has 3 N–H and O–H groups in total. The minimum atomic E-state index is -0.883. The van der Waals surface area contributed by atoms with Crippen LogP contribution in [-0.4, -0.2) is 17.6 Å². The van der Waals surface area contributed by atoms with E-state index in [2.05, 4.69) is 15.9 Å². The average Bonchev–Trinajstić information content (AvgIpc) is 2.32. The Morgan fingerprint density at radius 2 is 2.17 bits per heavy atom. The SMILES string of the molecule is NCCCCC(Cc1cc(Br)ccc1F)C(=O)O. The molecule has 0 aliphatic carbocycles. The first-order valence-electron chi connectivity index (χ1n) is 5.91. The number of carboxylic acid groups (broad SMARTS) is 1. The first kappa shape index (κ1) is 15.1. The molecule has 0 saturated carbocycles. The van der Waals surface area contributed by atoms with Crippen molar-refractivity contribution in [3.8, 4) is 0 Å². The Morgan fingerprint density at radius 3 is 2.78 bits per heavy atom. The molecule has 0 heterocycles. The lowest BCUT2D eigenvalue weighted by molar-refractivity contribution is -0.142. The Kier molecular flexibility index (Phi) is 6.29. The molecule has 0 amide bonds. The standard InChI is InChI=1S/C13H17BrFNO2/c14-11-4-5-12(15)10(8-11)7-9(13(17)18)3-1-2-6-16/h4-5,8-9H,1-3,6-7,16H2,(H,17,18). The van der Waals surface area contributed by atoms with Crippen LogP contribution in [0.1, 0.15) is 24.8 Å². The minimum Gasteiger partial charge on any atom is -0.481 e. The molecule has 0 saturated heterocycles. The van der Waals surface area contributed by atoms with Gasteiger partial charge in [0.1, 0.15) is 5.82 Å². The number of carbonyl (C=O) groups is 1. The molecule has 1 rings (SSSR count). The molecular weight excluding hydrogens is 301 g/mol. The molecule has 5 heteroatoms. The predicted octanol–water partition coefficient (Wildman–Crippen LogP) is 2.96. The molecule has 100 valence electrons. The van der Waals surface area contributed by atoms with E-state index in [0.717, 1.165) is 17.3 Å². The van der Waals surface area contributed by atoms with Gasteiger partial charge in [0.15, 0.2) is 0 Å². The van der Waals surface area contributed by atoms with E-state index in [9.17, 15) is 9.18 Å². The van der Waals surface area contributed by atoms with E-state index < -0.39 is 11.9 Å². The zero-order valence-corrected chi connectivity index (χ0v) is 11.6. The number of hydrogen-bond donors (Lipinski definition) is 2. The van der Waals surface area contributed by atoms with Crippen LogP contribution in [-0.2, 0) is 11.2 Å². The smallest absolute Gasteiger partial charge is 0.306 e. The molecule has 1 unspecified atom stereocenters. The van der Waals surface area contributed by atoms with Gasteiger partial charge in [0.25, 0.3) is 0 Å². The van der Waals surface area contributed by atoms with E-state index >= 15 is 0 Å². The summed E-state index contributed by atoms with van der Waals surface area (Å²) in [6, 6.07) is 4.58. The van der Waals surface area contributed by atoms with E-state index in [4.69, 9.17) is 10.8 Å². The van der Waals surface area contributed by atoms with Crippen LogP contribution in [0.2, 0.25) is 0 Å². The summed E-state index contributed by atoms with van der Waals surface area (Å²) in [5, 5.41) is 9.13. The second-order valence-electron chi connectivity index (χ2n) is 4.26. The fourth-order valence-electron chi connectivity index (χ4n) is 1.81. The summed E-state index contributed by atoms with van der Waals surface area (Å²) in [7, 11) is 0. The summed E-state index contributed by atoms with van der Waals surface area (Å²) in [6.45, 7) is 0.553. The van der Waals surface area contributed by atoms with Gasteiger partial charge in [0, 0.05) is 4.47 Å². The highest BCUT2D eigenvalue weighted by atomic mass is 79.9. The van der Waals surface area contributed by atoms with Crippen molar-refractivity contribution in [3.05, 3.63) is 34.1 Å². The van der Waals surface area contributed by atoms with Crippen LogP contribution >= 0.6 is 15.9 Å². The van der Waals surface area contributed by atoms with Crippen LogP contribution < -0.4 is 5.73 Å². The molecule has 1 atom stereocenters.